The van der Waals surface area contributed by atoms with Gasteiger partial charge in [0.1, 0.15) is 11.5 Å². The summed E-state index contributed by atoms with van der Waals surface area (Å²) in [6.45, 7) is 1.38. The highest BCUT2D eigenvalue weighted by Gasteiger charge is 2.27. The molecule has 1 saturated heterocycles. The van der Waals surface area contributed by atoms with Gasteiger partial charge in [-0.15, -0.1) is 0 Å². The first-order valence-electron chi connectivity index (χ1n) is 10.5. The van der Waals surface area contributed by atoms with E-state index in [1.165, 1.54) is 12.8 Å². The summed E-state index contributed by atoms with van der Waals surface area (Å²) in [5.74, 6) is 1.35. The van der Waals surface area contributed by atoms with Gasteiger partial charge in [-0.05, 0) is 43.4 Å². The summed E-state index contributed by atoms with van der Waals surface area (Å²) in [6.07, 6.45) is 11.4. The highest BCUT2D eigenvalue weighted by Crippen LogP contribution is 2.39. The monoisotopic (exact) mass is 402 g/mol. The van der Waals surface area contributed by atoms with Gasteiger partial charge in [0, 0.05) is 54.7 Å². The highest BCUT2D eigenvalue weighted by atomic mass is 16.5. The predicted octanol–water partition coefficient (Wildman–Crippen LogP) is 3.06. The minimum absolute atomic E-state index is 0.0922. The summed E-state index contributed by atoms with van der Waals surface area (Å²) < 4.78 is 7.11. The Morgan fingerprint density at radius 3 is 2.90 bits per heavy atom. The van der Waals surface area contributed by atoms with Crippen LogP contribution in [0.4, 0.5) is 0 Å². The summed E-state index contributed by atoms with van der Waals surface area (Å²) in [5, 5.41) is 8.46. The molecule has 6 rings (SSSR count). The van der Waals surface area contributed by atoms with Gasteiger partial charge >= 0.3 is 0 Å². The fourth-order valence-corrected chi connectivity index (χ4v) is 4.13. The number of aromatic nitrogens is 5. The number of carbonyl (C=O) groups is 1. The van der Waals surface area contributed by atoms with E-state index >= 15 is 0 Å². The topological polar surface area (TPSA) is 97.2 Å². The second kappa shape index (κ2) is 6.91. The lowest BCUT2D eigenvalue weighted by Gasteiger charge is -2.22. The Kier molecular flexibility index (Phi) is 4.05. The van der Waals surface area contributed by atoms with Crippen LogP contribution in [-0.4, -0.2) is 49.7 Å². The number of nitrogens with zero attached hydrogens (tertiary/aromatic N) is 4. The molecule has 4 aromatic rings. The summed E-state index contributed by atoms with van der Waals surface area (Å²) >= 11 is 0. The minimum atomic E-state index is -0.0922. The molecule has 1 aliphatic carbocycles. The Bertz CT molecular complexity index is 1250. The first kappa shape index (κ1) is 17.6. The molecule has 152 valence electrons. The molecule has 1 saturated carbocycles. The third kappa shape index (κ3) is 3.04. The van der Waals surface area contributed by atoms with Crippen molar-refractivity contribution < 1.29 is 9.53 Å². The lowest BCUT2D eigenvalue weighted by Crippen LogP contribution is -2.38. The van der Waals surface area contributed by atoms with E-state index < -0.39 is 0 Å². The molecule has 1 aliphatic heterocycles. The molecule has 8 nitrogen and oxygen atoms in total. The fourth-order valence-electron chi connectivity index (χ4n) is 4.13. The largest absolute Gasteiger partial charge is 0.381 e. The number of carbonyl (C=O) groups excluding carboxylic acids is 1. The molecular weight excluding hydrogens is 380 g/mol. The van der Waals surface area contributed by atoms with Crippen LogP contribution in [0.15, 0.2) is 36.9 Å². The average molecular weight is 402 g/mol. The van der Waals surface area contributed by atoms with Crippen molar-refractivity contribution in [2.45, 2.75) is 37.6 Å². The highest BCUT2D eigenvalue weighted by molar-refractivity contribution is 6.02. The lowest BCUT2D eigenvalue weighted by atomic mass is 10.1. The van der Waals surface area contributed by atoms with Crippen molar-refractivity contribution in [1.29, 1.82) is 0 Å². The van der Waals surface area contributed by atoms with E-state index in [0.29, 0.717) is 24.7 Å². The number of hydrogen-bond donors (Lipinski definition) is 2. The van der Waals surface area contributed by atoms with Crippen molar-refractivity contribution in [3.05, 3.63) is 48.3 Å². The SMILES string of the molecule is O=C(NC1CCOCC1)c1cnn2ccc(-c3c[nH]c4nc(C5CC5)ncc34)cc12. The third-order valence-electron chi connectivity index (χ3n) is 6.03. The lowest BCUT2D eigenvalue weighted by molar-refractivity contribution is 0.0697. The first-order valence-corrected chi connectivity index (χ1v) is 10.5. The zero-order valence-electron chi connectivity index (χ0n) is 16.5. The van der Waals surface area contributed by atoms with Gasteiger partial charge in [-0.1, -0.05) is 0 Å². The van der Waals surface area contributed by atoms with Crippen LogP contribution in [0.2, 0.25) is 0 Å². The smallest absolute Gasteiger partial charge is 0.255 e. The Morgan fingerprint density at radius 2 is 2.07 bits per heavy atom. The van der Waals surface area contributed by atoms with Crippen LogP contribution < -0.4 is 5.32 Å². The molecule has 2 N–H and O–H groups in total. The van der Waals surface area contributed by atoms with Crippen LogP contribution in [0.1, 0.15) is 47.8 Å². The van der Waals surface area contributed by atoms with Crippen LogP contribution in [0.3, 0.4) is 0 Å². The van der Waals surface area contributed by atoms with Crippen LogP contribution in [0.25, 0.3) is 27.7 Å². The quantitative estimate of drug-likeness (QED) is 0.547. The number of aromatic amines is 1. The normalized spacial score (nSPS) is 17.6. The molecule has 0 aromatic carbocycles. The molecular formula is C22H22N6O2. The minimum Gasteiger partial charge on any atom is -0.381 e. The van der Waals surface area contributed by atoms with Crippen molar-refractivity contribution in [3.63, 3.8) is 0 Å². The maximum absolute atomic E-state index is 12.9. The zero-order chi connectivity index (χ0) is 20.1. The van der Waals surface area contributed by atoms with Crippen molar-refractivity contribution in [2.24, 2.45) is 0 Å². The van der Waals surface area contributed by atoms with Crippen LogP contribution >= 0.6 is 0 Å². The summed E-state index contributed by atoms with van der Waals surface area (Å²) in [5.41, 5.74) is 4.23. The van der Waals surface area contributed by atoms with Crippen LogP contribution in [0.5, 0.6) is 0 Å². The van der Waals surface area contributed by atoms with E-state index in [9.17, 15) is 4.79 Å². The number of rotatable bonds is 4. The second-order valence-electron chi connectivity index (χ2n) is 8.13. The van der Waals surface area contributed by atoms with Gasteiger partial charge < -0.3 is 15.0 Å². The zero-order valence-corrected chi connectivity index (χ0v) is 16.5. The van der Waals surface area contributed by atoms with Gasteiger partial charge in [0.05, 0.1) is 17.3 Å². The van der Waals surface area contributed by atoms with Crippen molar-refractivity contribution in [2.75, 3.05) is 13.2 Å². The molecule has 8 heteroatoms. The Balaban J connectivity index is 1.35. The van der Waals surface area contributed by atoms with Gasteiger partial charge in [-0.3, -0.25) is 4.79 Å². The molecule has 0 bridgehead atoms. The fraction of sp³-hybridized carbons (Fsp3) is 0.364. The Morgan fingerprint density at radius 1 is 1.20 bits per heavy atom. The van der Waals surface area contributed by atoms with E-state index in [4.69, 9.17) is 4.74 Å². The van der Waals surface area contributed by atoms with Gasteiger partial charge in [0.25, 0.3) is 5.91 Å². The third-order valence-corrected chi connectivity index (χ3v) is 6.03. The summed E-state index contributed by atoms with van der Waals surface area (Å²) in [6, 6.07) is 4.15. The van der Waals surface area contributed by atoms with Crippen molar-refractivity contribution in [3.8, 4) is 11.1 Å². The van der Waals surface area contributed by atoms with E-state index in [-0.39, 0.29) is 11.9 Å². The summed E-state index contributed by atoms with van der Waals surface area (Å²) in [4.78, 5) is 25.4. The number of pyridine rings is 1. The molecule has 2 aliphatic rings. The van der Waals surface area contributed by atoms with Gasteiger partial charge in [0.2, 0.25) is 0 Å². The molecule has 5 heterocycles. The van der Waals surface area contributed by atoms with E-state index in [2.05, 4.69) is 25.4 Å². The second-order valence-corrected chi connectivity index (χ2v) is 8.13. The van der Waals surface area contributed by atoms with Crippen molar-refractivity contribution >= 4 is 22.5 Å². The molecule has 2 fully saturated rings. The van der Waals surface area contributed by atoms with Gasteiger partial charge in [-0.2, -0.15) is 5.10 Å². The Hall–Kier alpha value is -3.26. The standard InChI is InChI=1S/C22H22N6O2/c29-22(26-15-4-7-30-8-5-15)18-12-25-28-6-3-14(9-19(18)28)16-10-24-21-17(16)11-23-20(27-21)13-1-2-13/h3,6,9-13,15H,1-2,4-5,7-8H2,(H,26,29)(H,23,24,27). The average Bonchev–Trinajstić information content (AvgIpc) is 3.40. The number of ether oxygens (including phenoxy) is 1. The number of hydrogen-bond acceptors (Lipinski definition) is 5. The van der Waals surface area contributed by atoms with E-state index in [0.717, 1.165) is 46.3 Å². The molecule has 30 heavy (non-hydrogen) atoms. The predicted molar refractivity (Wildman–Crippen MR) is 111 cm³/mol. The van der Waals surface area contributed by atoms with E-state index in [1.807, 2.05) is 30.7 Å². The molecule has 0 spiro atoms. The molecule has 0 atom stereocenters. The number of nitrogens with one attached hydrogen (secondary N) is 2. The number of amides is 1. The van der Waals surface area contributed by atoms with Gasteiger partial charge in [0.15, 0.2) is 0 Å². The molecule has 1 amide bonds. The molecule has 4 aromatic heterocycles. The van der Waals surface area contributed by atoms with Crippen LogP contribution in [-0.2, 0) is 4.74 Å². The van der Waals surface area contributed by atoms with Gasteiger partial charge in [-0.25, -0.2) is 14.5 Å². The summed E-state index contributed by atoms with van der Waals surface area (Å²) in [7, 11) is 0. The first-order chi connectivity index (χ1) is 14.8. The number of H-pyrrole nitrogens is 1. The maximum atomic E-state index is 12.9. The molecule has 0 radical (unpaired) electrons. The number of fused-ring (bicyclic) bond motifs is 2. The van der Waals surface area contributed by atoms with E-state index in [1.54, 1.807) is 10.7 Å². The molecule has 0 unspecified atom stereocenters. The van der Waals surface area contributed by atoms with Crippen molar-refractivity contribution in [1.82, 2.24) is 29.9 Å². The Labute approximate surface area is 172 Å². The van der Waals surface area contributed by atoms with Crippen LogP contribution in [0, 0.1) is 0 Å². The maximum Gasteiger partial charge on any atom is 0.255 e.